The first-order valence-electron chi connectivity index (χ1n) is 8.87. The first-order valence-corrected chi connectivity index (χ1v) is 8.87. The van der Waals surface area contributed by atoms with Crippen LogP contribution in [0.2, 0.25) is 0 Å². The second kappa shape index (κ2) is 9.45. The molecule has 3 rings (SSSR count). The number of hydrogen-bond acceptors (Lipinski definition) is 5. The van der Waals surface area contributed by atoms with Gasteiger partial charge in [0.05, 0.1) is 7.11 Å². The highest BCUT2D eigenvalue weighted by Crippen LogP contribution is 2.11. The SMILES string of the molecule is COc1ccc(CCNC(=O)c2ccc(NCc3ccc(F)cc3)nn2)cc1. The lowest BCUT2D eigenvalue weighted by molar-refractivity contribution is 0.0948. The average molecular weight is 380 g/mol. The van der Waals surface area contributed by atoms with Crippen molar-refractivity contribution in [2.24, 2.45) is 0 Å². The number of nitrogens with one attached hydrogen (secondary N) is 2. The molecule has 0 radical (unpaired) electrons. The molecule has 2 aromatic carbocycles. The number of halogens is 1. The van der Waals surface area contributed by atoms with Crippen LogP contribution in [-0.4, -0.2) is 29.8 Å². The Labute approximate surface area is 162 Å². The molecule has 0 saturated heterocycles. The van der Waals surface area contributed by atoms with Gasteiger partial charge in [-0.15, -0.1) is 10.2 Å². The maximum absolute atomic E-state index is 12.9. The zero-order valence-electron chi connectivity index (χ0n) is 15.5. The lowest BCUT2D eigenvalue weighted by Gasteiger charge is -2.07. The number of methoxy groups -OCH3 is 1. The summed E-state index contributed by atoms with van der Waals surface area (Å²) in [6.07, 6.45) is 0.709. The summed E-state index contributed by atoms with van der Waals surface area (Å²) in [6, 6.07) is 17.2. The van der Waals surface area contributed by atoms with Gasteiger partial charge in [0.25, 0.3) is 5.91 Å². The van der Waals surface area contributed by atoms with Crippen LogP contribution >= 0.6 is 0 Å². The van der Waals surface area contributed by atoms with Gasteiger partial charge in [0.2, 0.25) is 0 Å². The molecule has 0 aliphatic rings. The summed E-state index contributed by atoms with van der Waals surface area (Å²) >= 11 is 0. The number of ether oxygens (including phenoxy) is 1. The number of carbonyl (C=O) groups is 1. The van der Waals surface area contributed by atoms with Crippen LogP contribution in [0.5, 0.6) is 5.75 Å². The third-order valence-corrected chi connectivity index (χ3v) is 4.14. The largest absolute Gasteiger partial charge is 0.497 e. The number of rotatable bonds is 8. The predicted molar refractivity (Wildman–Crippen MR) is 105 cm³/mol. The van der Waals surface area contributed by atoms with E-state index < -0.39 is 0 Å². The molecule has 28 heavy (non-hydrogen) atoms. The Hall–Kier alpha value is -3.48. The molecule has 2 N–H and O–H groups in total. The van der Waals surface area contributed by atoms with Gasteiger partial charge in [-0.2, -0.15) is 0 Å². The summed E-state index contributed by atoms with van der Waals surface area (Å²) in [4.78, 5) is 12.2. The Bertz CT molecular complexity index is 897. The fourth-order valence-electron chi connectivity index (χ4n) is 2.55. The number of benzene rings is 2. The van der Waals surface area contributed by atoms with Gasteiger partial charge in [-0.25, -0.2) is 4.39 Å². The number of aromatic nitrogens is 2. The van der Waals surface area contributed by atoms with Gasteiger partial charge in [-0.3, -0.25) is 4.79 Å². The van der Waals surface area contributed by atoms with Gasteiger partial charge >= 0.3 is 0 Å². The molecule has 0 aliphatic carbocycles. The molecule has 0 saturated carbocycles. The third kappa shape index (κ3) is 5.51. The van der Waals surface area contributed by atoms with E-state index >= 15 is 0 Å². The number of amides is 1. The van der Waals surface area contributed by atoms with Crippen LogP contribution in [0.4, 0.5) is 10.2 Å². The van der Waals surface area contributed by atoms with Crippen molar-refractivity contribution in [1.82, 2.24) is 15.5 Å². The molecule has 3 aromatic rings. The van der Waals surface area contributed by atoms with Crippen molar-refractivity contribution in [3.05, 3.63) is 83.3 Å². The molecule has 0 fully saturated rings. The highest BCUT2D eigenvalue weighted by molar-refractivity contribution is 5.92. The Morgan fingerprint density at radius 2 is 1.68 bits per heavy atom. The minimum absolute atomic E-state index is 0.252. The zero-order chi connectivity index (χ0) is 19.8. The molecule has 1 aromatic heterocycles. The first-order chi connectivity index (χ1) is 13.6. The lowest BCUT2D eigenvalue weighted by Crippen LogP contribution is -2.26. The second-order valence-corrected chi connectivity index (χ2v) is 6.14. The van der Waals surface area contributed by atoms with Crippen LogP contribution in [0.1, 0.15) is 21.6 Å². The van der Waals surface area contributed by atoms with E-state index in [2.05, 4.69) is 20.8 Å². The van der Waals surface area contributed by atoms with Crippen molar-refractivity contribution in [1.29, 1.82) is 0 Å². The minimum Gasteiger partial charge on any atom is -0.497 e. The van der Waals surface area contributed by atoms with Gasteiger partial charge in [-0.1, -0.05) is 24.3 Å². The fourth-order valence-corrected chi connectivity index (χ4v) is 2.55. The van der Waals surface area contributed by atoms with E-state index in [-0.39, 0.29) is 17.4 Å². The van der Waals surface area contributed by atoms with Gasteiger partial charge in [0.1, 0.15) is 17.4 Å². The van der Waals surface area contributed by atoms with Crippen LogP contribution in [0, 0.1) is 5.82 Å². The number of carbonyl (C=O) groups excluding carboxylic acids is 1. The van der Waals surface area contributed by atoms with Gasteiger partial charge in [-0.05, 0) is 53.9 Å². The van der Waals surface area contributed by atoms with E-state index in [4.69, 9.17) is 4.74 Å². The summed E-state index contributed by atoms with van der Waals surface area (Å²) in [5.74, 6) is 0.798. The highest BCUT2D eigenvalue weighted by Gasteiger charge is 2.08. The van der Waals surface area contributed by atoms with Crippen LogP contribution in [0.25, 0.3) is 0 Å². The molecule has 0 unspecified atom stereocenters. The number of hydrogen-bond donors (Lipinski definition) is 2. The summed E-state index contributed by atoms with van der Waals surface area (Å²) in [5.41, 5.74) is 2.28. The van der Waals surface area contributed by atoms with Crippen LogP contribution in [0.15, 0.2) is 60.7 Å². The predicted octanol–water partition coefficient (Wildman–Crippen LogP) is 3.21. The smallest absolute Gasteiger partial charge is 0.271 e. The Kier molecular flexibility index (Phi) is 6.51. The number of nitrogens with zero attached hydrogens (tertiary/aromatic N) is 2. The van der Waals surface area contributed by atoms with Crippen molar-refractivity contribution in [2.45, 2.75) is 13.0 Å². The molecule has 1 heterocycles. The van der Waals surface area contributed by atoms with Crippen molar-refractivity contribution in [2.75, 3.05) is 19.0 Å². The monoisotopic (exact) mass is 380 g/mol. The fraction of sp³-hybridized carbons (Fsp3) is 0.190. The van der Waals surface area contributed by atoms with E-state index in [0.717, 1.165) is 16.9 Å². The standard InChI is InChI=1S/C21H21FN4O2/c1-28-18-8-4-15(5-9-18)12-13-23-21(27)19-10-11-20(26-25-19)24-14-16-2-6-17(22)7-3-16/h2-11H,12-14H2,1H3,(H,23,27)(H,24,26). The quantitative estimate of drug-likeness (QED) is 0.628. The summed E-state index contributed by atoms with van der Waals surface area (Å²) in [6.45, 7) is 0.986. The van der Waals surface area contributed by atoms with Crippen molar-refractivity contribution >= 4 is 11.7 Å². The molecule has 1 amide bonds. The molecule has 0 bridgehead atoms. The third-order valence-electron chi connectivity index (χ3n) is 4.14. The molecule has 7 heteroatoms. The summed E-state index contributed by atoms with van der Waals surface area (Å²) < 4.78 is 18.0. The van der Waals surface area contributed by atoms with Crippen LogP contribution in [0.3, 0.4) is 0 Å². The summed E-state index contributed by atoms with van der Waals surface area (Å²) in [7, 11) is 1.62. The summed E-state index contributed by atoms with van der Waals surface area (Å²) in [5, 5.41) is 13.9. The number of anilines is 1. The van der Waals surface area contributed by atoms with Crippen LogP contribution in [-0.2, 0) is 13.0 Å². The molecular formula is C21H21FN4O2. The lowest BCUT2D eigenvalue weighted by atomic mass is 10.1. The molecule has 0 spiro atoms. The van der Waals surface area contributed by atoms with E-state index in [0.29, 0.717) is 25.3 Å². The minimum atomic E-state index is -0.272. The van der Waals surface area contributed by atoms with E-state index in [1.54, 1.807) is 31.4 Å². The van der Waals surface area contributed by atoms with Crippen molar-refractivity contribution in [3.8, 4) is 5.75 Å². The Morgan fingerprint density at radius 3 is 2.32 bits per heavy atom. The average Bonchev–Trinajstić information content (AvgIpc) is 2.74. The molecule has 6 nitrogen and oxygen atoms in total. The van der Waals surface area contributed by atoms with E-state index in [1.807, 2.05) is 24.3 Å². The molecule has 0 atom stereocenters. The molecule has 144 valence electrons. The van der Waals surface area contributed by atoms with Crippen molar-refractivity contribution in [3.63, 3.8) is 0 Å². The maximum atomic E-state index is 12.9. The molecule has 0 aliphatic heterocycles. The Balaban J connectivity index is 1.45. The van der Waals surface area contributed by atoms with Gasteiger partial charge in [0, 0.05) is 13.1 Å². The second-order valence-electron chi connectivity index (χ2n) is 6.14. The highest BCUT2D eigenvalue weighted by atomic mass is 19.1. The van der Waals surface area contributed by atoms with E-state index in [1.165, 1.54) is 12.1 Å². The molecular weight excluding hydrogens is 359 g/mol. The normalized spacial score (nSPS) is 10.4. The van der Waals surface area contributed by atoms with Crippen molar-refractivity contribution < 1.29 is 13.9 Å². The van der Waals surface area contributed by atoms with Gasteiger partial charge < -0.3 is 15.4 Å². The van der Waals surface area contributed by atoms with Gasteiger partial charge in [0.15, 0.2) is 5.69 Å². The topological polar surface area (TPSA) is 76.1 Å². The van der Waals surface area contributed by atoms with Crippen LogP contribution < -0.4 is 15.4 Å². The Morgan fingerprint density at radius 1 is 0.964 bits per heavy atom. The first kappa shape index (κ1) is 19.3. The zero-order valence-corrected chi connectivity index (χ0v) is 15.5. The maximum Gasteiger partial charge on any atom is 0.271 e. The van der Waals surface area contributed by atoms with E-state index in [9.17, 15) is 9.18 Å².